The molecule has 1 rings (SSSR count). The minimum Gasteiger partial charge on any atom is -0.393 e. The summed E-state index contributed by atoms with van der Waals surface area (Å²) in [4.78, 5) is 35.3. The van der Waals surface area contributed by atoms with Crippen molar-refractivity contribution in [2.75, 3.05) is 0 Å². The highest BCUT2D eigenvalue weighted by Gasteiger charge is 2.53. The highest BCUT2D eigenvalue weighted by atomic mass is 16.3. The molecule has 0 aromatic carbocycles. The summed E-state index contributed by atoms with van der Waals surface area (Å²) >= 11 is 0. The Morgan fingerprint density at radius 2 is 1.67 bits per heavy atom. The van der Waals surface area contributed by atoms with Crippen LogP contribution in [0.5, 0.6) is 0 Å². The van der Waals surface area contributed by atoms with E-state index in [1.165, 1.54) is 6.92 Å². The summed E-state index contributed by atoms with van der Waals surface area (Å²) in [5.74, 6) is -1.47. The summed E-state index contributed by atoms with van der Waals surface area (Å²) in [6.07, 6.45) is 0.701. The summed E-state index contributed by atoms with van der Waals surface area (Å²) in [6.45, 7) is 5.27. The fraction of sp³-hybridized carbons (Fsp3) is 0.750. The van der Waals surface area contributed by atoms with Gasteiger partial charge in [0.05, 0.1) is 6.10 Å². The SMILES string of the molecule is CCCC(C)C1(CC(C)O)C(=O)NC(=O)NC1=O. The number of amides is 4. The maximum atomic E-state index is 12.1. The average Bonchev–Trinajstić information content (AvgIpc) is 2.23. The lowest BCUT2D eigenvalue weighted by molar-refractivity contribution is -0.151. The van der Waals surface area contributed by atoms with Crippen LogP contribution >= 0.6 is 0 Å². The van der Waals surface area contributed by atoms with Gasteiger partial charge in [0.15, 0.2) is 0 Å². The lowest BCUT2D eigenvalue weighted by Crippen LogP contribution is -2.65. The molecule has 2 unspecified atom stereocenters. The van der Waals surface area contributed by atoms with E-state index >= 15 is 0 Å². The number of hydrogen-bond donors (Lipinski definition) is 3. The minimum absolute atomic E-state index is 0.0130. The van der Waals surface area contributed by atoms with Crippen LogP contribution in [0.1, 0.15) is 40.0 Å². The zero-order chi connectivity index (χ0) is 13.9. The van der Waals surface area contributed by atoms with Crippen LogP contribution in [0.3, 0.4) is 0 Å². The quantitative estimate of drug-likeness (QED) is 0.626. The summed E-state index contributed by atoms with van der Waals surface area (Å²) < 4.78 is 0. The Kier molecular flexibility index (Phi) is 4.45. The van der Waals surface area contributed by atoms with E-state index in [2.05, 4.69) is 10.6 Å². The molecule has 6 heteroatoms. The van der Waals surface area contributed by atoms with Gasteiger partial charge in [-0.15, -0.1) is 0 Å². The molecule has 1 saturated heterocycles. The third-order valence-corrected chi connectivity index (χ3v) is 3.44. The molecule has 102 valence electrons. The van der Waals surface area contributed by atoms with Gasteiger partial charge in [-0.3, -0.25) is 20.2 Å². The topological polar surface area (TPSA) is 95.5 Å². The van der Waals surface area contributed by atoms with Crippen LogP contribution in [-0.2, 0) is 9.59 Å². The highest BCUT2D eigenvalue weighted by molar-refractivity contribution is 6.19. The van der Waals surface area contributed by atoms with Crippen molar-refractivity contribution in [1.82, 2.24) is 10.6 Å². The number of imide groups is 2. The fourth-order valence-electron chi connectivity index (χ4n) is 2.54. The second-order valence-corrected chi connectivity index (χ2v) is 4.95. The van der Waals surface area contributed by atoms with E-state index in [1.807, 2.05) is 6.92 Å². The number of barbiturate groups is 1. The van der Waals surface area contributed by atoms with Crippen LogP contribution in [0.15, 0.2) is 0 Å². The van der Waals surface area contributed by atoms with E-state index in [1.54, 1.807) is 6.92 Å². The Hall–Kier alpha value is -1.43. The summed E-state index contributed by atoms with van der Waals surface area (Å²) in [7, 11) is 0. The lowest BCUT2D eigenvalue weighted by atomic mass is 9.68. The van der Waals surface area contributed by atoms with Gasteiger partial charge >= 0.3 is 6.03 Å². The van der Waals surface area contributed by atoms with Crippen LogP contribution in [0.2, 0.25) is 0 Å². The zero-order valence-corrected chi connectivity index (χ0v) is 10.9. The van der Waals surface area contributed by atoms with Gasteiger partial charge < -0.3 is 5.11 Å². The summed E-state index contributed by atoms with van der Waals surface area (Å²) in [6, 6.07) is -0.796. The van der Waals surface area contributed by atoms with Crippen molar-refractivity contribution in [3.63, 3.8) is 0 Å². The standard InChI is InChI=1S/C12H20N2O4/c1-4-5-7(2)12(6-8(3)15)9(16)13-11(18)14-10(12)17/h7-8,15H,4-6H2,1-3H3,(H2,13,14,16,17,18). The Labute approximate surface area is 106 Å². The molecule has 0 bridgehead atoms. The van der Waals surface area contributed by atoms with Gasteiger partial charge in [0, 0.05) is 0 Å². The molecule has 3 N–H and O–H groups in total. The van der Waals surface area contributed by atoms with E-state index < -0.39 is 29.4 Å². The van der Waals surface area contributed by atoms with Crippen LogP contribution < -0.4 is 10.6 Å². The third kappa shape index (κ3) is 2.53. The number of aliphatic hydroxyl groups is 1. The minimum atomic E-state index is -1.36. The number of urea groups is 1. The number of nitrogens with one attached hydrogen (secondary N) is 2. The first-order chi connectivity index (χ1) is 8.34. The molecule has 0 saturated carbocycles. The summed E-state index contributed by atoms with van der Waals surface area (Å²) in [5.41, 5.74) is -1.36. The molecule has 0 aromatic heterocycles. The average molecular weight is 256 g/mol. The molecule has 1 fully saturated rings. The number of rotatable bonds is 5. The van der Waals surface area contributed by atoms with E-state index in [0.717, 1.165) is 6.42 Å². The summed E-state index contributed by atoms with van der Waals surface area (Å²) in [5, 5.41) is 13.8. The van der Waals surface area contributed by atoms with E-state index in [4.69, 9.17) is 0 Å². The van der Waals surface area contributed by atoms with Crippen molar-refractivity contribution >= 4 is 17.8 Å². The van der Waals surface area contributed by atoms with Crippen molar-refractivity contribution in [2.45, 2.75) is 46.1 Å². The van der Waals surface area contributed by atoms with Crippen LogP contribution in [-0.4, -0.2) is 29.1 Å². The van der Waals surface area contributed by atoms with Gasteiger partial charge in [-0.2, -0.15) is 0 Å². The number of carbonyl (C=O) groups is 3. The van der Waals surface area contributed by atoms with Crippen LogP contribution in [0.25, 0.3) is 0 Å². The second-order valence-electron chi connectivity index (χ2n) is 4.95. The van der Waals surface area contributed by atoms with E-state index in [0.29, 0.717) is 6.42 Å². The van der Waals surface area contributed by atoms with Crippen LogP contribution in [0, 0.1) is 11.3 Å². The first-order valence-electron chi connectivity index (χ1n) is 6.19. The molecule has 0 aliphatic carbocycles. The molecule has 1 aliphatic rings. The maximum Gasteiger partial charge on any atom is 0.328 e. The zero-order valence-electron chi connectivity index (χ0n) is 10.9. The van der Waals surface area contributed by atoms with E-state index in [-0.39, 0.29) is 12.3 Å². The van der Waals surface area contributed by atoms with Crippen LogP contribution in [0.4, 0.5) is 4.79 Å². The first-order valence-corrected chi connectivity index (χ1v) is 6.19. The van der Waals surface area contributed by atoms with Crippen molar-refractivity contribution in [2.24, 2.45) is 11.3 Å². The van der Waals surface area contributed by atoms with Gasteiger partial charge in [-0.25, -0.2) is 4.79 Å². The highest BCUT2D eigenvalue weighted by Crippen LogP contribution is 2.38. The molecule has 1 aliphatic heterocycles. The molecular weight excluding hydrogens is 236 g/mol. The number of hydrogen-bond acceptors (Lipinski definition) is 4. The molecule has 1 heterocycles. The Morgan fingerprint density at radius 3 is 2.06 bits per heavy atom. The van der Waals surface area contributed by atoms with Gasteiger partial charge in [-0.1, -0.05) is 20.3 Å². The Morgan fingerprint density at radius 1 is 1.17 bits per heavy atom. The largest absolute Gasteiger partial charge is 0.393 e. The lowest BCUT2D eigenvalue weighted by Gasteiger charge is -2.39. The second kappa shape index (κ2) is 5.48. The molecule has 2 atom stereocenters. The molecule has 4 amide bonds. The third-order valence-electron chi connectivity index (χ3n) is 3.44. The molecule has 0 radical (unpaired) electrons. The predicted molar refractivity (Wildman–Crippen MR) is 64.5 cm³/mol. The number of aliphatic hydroxyl groups excluding tert-OH is 1. The fourth-order valence-corrected chi connectivity index (χ4v) is 2.54. The van der Waals surface area contributed by atoms with Gasteiger partial charge in [0.1, 0.15) is 5.41 Å². The normalized spacial score (nSPS) is 22.1. The van der Waals surface area contributed by atoms with Crippen molar-refractivity contribution < 1.29 is 19.5 Å². The van der Waals surface area contributed by atoms with E-state index in [9.17, 15) is 19.5 Å². The Balaban J connectivity index is 3.13. The molecule has 0 spiro atoms. The van der Waals surface area contributed by atoms with Gasteiger partial charge in [0.25, 0.3) is 0 Å². The van der Waals surface area contributed by atoms with Gasteiger partial charge in [0.2, 0.25) is 11.8 Å². The number of carbonyl (C=O) groups excluding carboxylic acids is 3. The smallest absolute Gasteiger partial charge is 0.328 e. The van der Waals surface area contributed by atoms with Gasteiger partial charge in [-0.05, 0) is 25.7 Å². The van der Waals surface area contributed by atoms with Crippen molar-refractivity contribution in [3.05, 3.63) is 0 Å². The monoisotopic (exact) mass is 256 g/mol. The molecule has 0 aromatic rings. The van der Waals surface area contributed by atoms with Crippen molar-refractivity contribution in [1.29, 1.82) is 0 Å². The molecular formula is C12H20N2O4. The first kappa shape index (κ1) is 14.6. The predicted octanol–water partition coefficient (Wildman–Crippen LogP) is 0.546. The maximum absolute atomic E-state index is 12.1. The van der Waals surface area contributed by atoms with Crippen molar-refractivity contribution in [3.8, 4) is 0 Å². The molecule has 18 heavy (non-hydrogen) atoms. The molecule has 6 nitrogen and oxygen atoms in total. The Bertz CT molecular complexity index is 345.